The van der Waals surface area contributed by atoms with Gasteiger partial charge in [-0.1, -0.05) is 30.3 Å². The number of aryl methyl sites for hydroxylation is 2. The third-order valence-electron chi connectivity index (χ3n) is 3.87. The number of hydrogen-bond donors (Lipinski definition) is 2. The predicted octanol–water partition coefficient (Wildman–Crippen LogP) is 1.68. The van der Waals surface area contributed by atoms with E-state index in [9.17, 15) is 8.42 Å². The first-order chi connectivity index (χ1) is 11.4. The normalized spacial score (nSPS) is 12.8. The van der Waals surface area contributed by atoms with Gasteiger partial charge in [-0.05, 0) is 18.6 Å². The fourth-order valence-corrected chi connectivity index (χ4v) is 3.57. The van der Waals surface area contributed by atoms with Crippen LogP contribution in [0.4, 0.5) is 0 Å². The molecule has 0 saturated heterocycles. The standard InChI is InChI=1S/C16H19N5O2S.ClH/c1-11-14-8-13(9-18-16(14)21(2)20-11)24(22,23)19-10-15(17)12-6-4-3-5-7-12;/h3-9,15,19H,10,17H2,1-2H3;1H. The second-order valence-electron chi connectivity index (χ2n) is 5.62. The molecule has 0 bridgehead atoms. The number of fused-ring (bicyclic) bond motifs is 1. The predicted molar refractivity (Wildman–Crippen MR) is 99.1 cm³/mol. The summed E-state index contributed by atoms with van der Waals surface area (Å²) >= 11 is 0. The number of rotatable bonds is 5. The van der Waals surface area contributed by atoms with Crippen molar-refractivity contribution >= 4 is 33.5 Å². The van der Waals surface area contributed by atoms with Crippen molar-refractivity contribution in [2.24, 2.45) is 12.8 Å². The van der Waals surface area contributed by atoms with Crippen LogP contribution in [0.3, 0.4) is 0 Å². The van der Waals surface area contributed by atoms with Crippen LogP contribution in [0.1, 0.15) is 17.3 Å². The van der Waals surface area contributed by atoms with Crippen LogP contribution >= 0.6 is 12.4 Å². The number of pyridine rings is 1. The van der Waals surface area contributed by atoms with E-state index in [0.717, 1.165) is 11.3 Å². The number of sulfonamides is 1. The van der Waals surface area contributed by atoms with Crippen molar-refractivity contribution in [2.75, 3.05) is 6.54 Å². The minimum Gasteiger partial charge on any atom is -0.323 e. The van der Waals surface area contributed by atoms with Gasteiger partial charge in [-0.2, -0.15) is 5.10 Å². The topological polar surface area (TPSA) is 103 Å². The van der Waals surface area contributed by atoms with E-state index in [-0.39, 0.29) is 23.8 Å². The van der Waals surface area contributed by atoms with Crippen molar-refractivity contribution in [3.63, 3.8) is 0 Å². The second kappa shape index (κ2) is 7.49. The molecule has 3 N–H and O–H groups in total. The van der Waals surface area contributed by atoms with Gasteiger partial charge in [-0.25, -0.2) is 18.1 Å². The Balaban J connectivity index is 0.00000225. The summed E-state index contributed by atoms with van der Waals surface area (Å²) in [5.74, 6) is 0. The van der Waals surface area contributed by atoms with Gasteiger partial charge in [0.05, 0.1) is 5.69 Å². The minimum absolute atomic E-state index is 0. The third-order valence-corrected chi connectivity index (χ3v) is 5.26. The Labute approximate surface area is 152 Å². The molecule has 7 nitrogen and oxygen atoms in total. The lowest BCUT2D eigenvalue weighted by atomic mass is 10.1. The summed E-state index contributed by atoms with van der Waals surface area (Å²) in [5, 5.41) is 4.96. The van der Waals surface area contributed by atoms with Crippen molar-refractivity contribution < 1.29 is 8.42 Å². The van der Waals surface area contributed by atoms with Gasteiger partial charge in [-0.3, -0.25) is 4.68 Å². The molecular weight excluding hydrogens is 362 g/mol. The average molecular weight is 382 g/mol. The number of hydrogen-bond acceptors (Lipinski definition) is 5. The molecule has 0 aliphatic heterocycles. The molecule has 0 fully saturated rings. The smallest absolute Gasteiger partial charge is 0.242 e. The second-order valence-corrected chi connectivity index (χ2v) is 7.39. The Morgan fingerprint density at radius 3 is 2.64 bits per heavy atom. The van der Waals surface area contributed by atoms with E-state index in [1.165, 1.54) is 6.20 Å². The van der Waals surface area contributed by atoms with Crippen molar-refractivity contribution in [1.29, 1.82) is 0 Å². The quantitative estimate of drug-likeness (QED) is 0.699. The first-order valence-corrected chi connectivity index (χ1v) is 8.96. The maximum Gasteiger partial charge on any atom is 0.242 e. The third kappa shape index (κ3) is 3.98. The maximum atomic E-state index is 12.5. The lowest BCUT2D eigenvalue weighted by Gasteiger charge is -2.13. The van der Waals surface area contributed by atoms with Crippen molar-refractivity contribution in [3.05, 3.63) is 53.9 Å². The summed E-state index contributed by atoms with van der Waals surface area (Å²) in [6.07, 6.45) is 1.33. The van der Waals surface area contributed by atoms with Gasteiger partial charge >= 0.3 is 0 Å². The largest absolute Gasteiger partial charge is 0.323 e. The van der Waals surface area contributed by atoms with Crippen LogP contribution in [0.15, 0.2) is 47.5 Å². The Morgan fingerprint density at radius 2 is 1.96 bits per heavy atom. The molecule has 0 spiro atoms. The molecule has 1 atom stereocenters. The molecule has 1 aromatic carbocycles. The Morgan fingerprint density at radius 1 is 1.28 bits per heavy atom. The van der Waals surface area contributed by atoms with Gasteiger partial charge in [0.25, 0.3) is 0 Å². The number of nitrogens with two attached hydrogens (primary N) is 1. The van der Waals surface area contributed by atoms with Gasteiger partial charge in [0.2, 0.25) is 10.0 Å². The van der Waals surface area contributed by atoms with Crippen LogP contribution in [0, 0.1) is 6.92 Å². The lowest BCUT2D eigenvalue weighted by Crippen LogP contribution is -2.32. The van der Waals surface area contributed by atoms with Crippen molar-refractivity contribution in [1.82, 2.24) is 19.5 Å². The van der Waals surface area contributed by atoms with Crippen LogP contribution in [0.25, 0.3) is 11.0 Å². The first-order valence-electron chi connectivity index (χ1n) is 7.48. The van der Waals surface area contributed by atoms with Crippen LogP contribution in [0.2, 0.25) is 0 Å². The van der Waals surface area contributed by atoms with Crippen LogP contribution in [-0.4, -0.2) is 29.7 Å². The minimum atomic E-state index is -3.69. The summed E-state index contributed by atoms with van der Waals surface area (Å²) in [7, 11) is -1.92. The average Bonchev–Trinajstić information content (AvgIpc) is 2.87. The van der Waals surface area contributed by atoms with E-state index < -0.39 is 16.1 Å². The highest BCUT2D eigenvalue weighted by Gasteiger charge is 2.18. The fourth-order valence-electron chi connectivity index (χ4n) is 2.54. The molecule has 25 heavy (non-hydrogen) atoms. The van der Waals surface area contributed by atoms with E-state index in [4.69, 9.17) is 5.73 Å². The van der Waals surface area contributed by atoms with E-state index >= 15 is 0 Å². The molecule has 0 saturated carbocycles. The lowest BCUT2D eigenvalue weighted by molar-refractivity contribution is 0.572. The fraction of sp³-hybridized carbons (Fsp3) is 0.250. The zero-order valence-electron chi connectivity index (χ0n) is 13.9. The first kappa shape index (κ1) is 19.3. The Bertz CT molecular complexity index is 973. The van der Waals surface area contributed by atoms with Crippen molar-refractivity contribution in [3.8, 4) is 0 Å². The SMILES string of the molecule is Cc1nn(C)c2ncc(S(=O)(=O)NCC(N)c3ccccc3)cc12.Cl. The highest BCUT2D eigenvalue weighted by Crippen LogP contribution is 2.19. The van der Waals surface area contributed by atoms with E-state index in [1.807, 2.05) is 37.3 Å². The van der Waals surface area contributed by atoms with Gasteiger partial charge in [0, 0.05) is 31.2 Å². The molecule has 2 heterocycles. The van der Waals surface area contributed by atoms with Gasteiger partial charge in [-0.15, -0.1) is 12.4 Å². The zero-order valence-corrected chi connectivity index (χ0v) is 15.5. The zero-order chi connectivity index (χ0) is 17.3. The molecule has 1 unspecified atom stereocenters. The monoisotopic (exact) mass is 381 g/mol. The number of halogens is 1. The molecule has 134 valence electrons. The number of aromatic nitrogens is 3. The van der Waals surface area contributed by atoms with E-state index in [2.05, 4.69) is 14.8 Å². The summed E-state index contributed by atoms with van der Waals surface area (Å²) in [5.41, 5.74) is 8.29. The molecular formula is C16H20ClN5O2S. The van der Waals surface area contributed by atoms with Crippen LogP contribution in [-0.2, 0) is 17.1 Å². The van der Waals surface area contributed by atoms with E-state index in [0.29, 0.717) is 11.0 Å². The summed E-state index contributed by atoms with van der Waals surface area (Å²) in [4.78, 5) is 4.31. The number of benzene rings is 1. The molecule has 0 radical (unpaired) electrons. The molecule has 2 aromatic heterocycles. The van der Waals surface area contributed by atoms with Crippen LogP contribution in [0.5, 0.6) is 0 Å². The van der Waals surface area contributed by atoms with Crippen LogP contribution < -0.4 is 10.5 Å². The van der Waals surface area contributed by atoms with Crippen molar-refractivity contribution in [2.45, 2.75) is 17.9 Å². The highest BCUT2D eigenvalue weighted by atomic mass is 35.5. The Kier molecular flexibility index (Phi) is 5.79. The maximum absolute atomic E-state index is 12.5. The molecule has 3 aromatic rings. The highest BCUT2D eigenvalue weighted by molar-refractivity contribution is 7.89. The summed E-state index contributed by atoms with van der Waals surface area (Å²) in [6.45, 7) is 1.93. The molecule has 0 amide bonds. The number of nitrogens with zero attached hydrogens (tertiary/aromatic N) is 3. The number of nitrogens with one attached hydrogen (secondary N) is 1. The summed E-state index contributed by atoms with van der Waals surface area (Å²) in [6, 6.07) is 10.5. The van der Waals surface area contributed by atoms with Gasteiger partial charge in [0.1, 0.15) is 4.90 Å². The Hall–Kier alpha value is -2.00. The molecule has 3 rings (SSSR count). The molecule has 0 aliphatic carbocycles. The van der Waals surface area contributed by atoms with Gasteiger partial charge < -0.3 is 5.73 Å². The van der Waals surface area contributed by atoms with Gasteiger partial charge in [0.15, 0.2) is 5.65 Å². The molecule has 9 heteroatoms. The summed E-state index contributed by atoms with van der Waals surface area (Å²) < 4.78 is 29.2. The molecule has 0 aliphatic rings. The van der Waals surface area contributed by atoms with E-state index in [1.54, 1.807) is 17.8 Å².